The Bertz CT molecular complexity index is 1110. The molecule has 0 bridgehead atoms. The van der Waals surface area contributed by atoms with Crippen molar-refractivity contribution in [3.8, 4) is 11.8 Å². The molecule has 0 heterocycles. The van der Waals surface area contributed by atoms with E-state index >= 15 is 0 Å². The van der Waals surface area contributed by atoms with Crippen LogP contribution in [0.3, 0.4) is 0 Å². The zero-order valence-electron chi connectivity index (χ0n) is 20.2. The number of anilines is 1. The Labute approximate surface area is 198 Å². The second kappa shape index (κ2) is 8.03. The number of allylic oxidation sites excluding steroid dienone is 5. The lowest BCUT2D eigenvalue weighted by Gasteiger charge is -2.53. The van der Waals surface area contributed by atoms with Crippen LogP contribution in [0.25, 0.3) is 0 Å². The van der Waals surface area contributed by atoms with Gasteiger partial charge in [-0.05, 0) is 91.4 Å². The molecule has 33 heavy (non-hydrogen) atoms. The molecular weight excluding hydrogens is 406 g/mol. The molecule has 0 aliphatic heterocycles. The molecule has 3 nitrogen and oxygen atoms in total. The molecule has 1 N–H and O–H groups in total. The summed E-state index contributed by atoms with van der Waals surface area (Å²) in [5, 5.41) is 11.8. The van der Waals surface area contributed by atoms with Crippen LogP contribution >= 0.6 is 0 Å². The first-order chi connectivity index (χ1) is 15.8. The summed E-state index contributed by atoms with van der Waals surface area (Å²) in [6.07, 6.45) is 9.66. The van der Waals surface area contributed by atoms with Gasteiger partial charge in [-0.3, -0.25) is 4.79 Å². The Morgan fingerprint density at radius 2 is 1.91 bits per heavy atom. The Kier molecular flexibility index (Phi) is 5.41. The highest BCUT2D eigenvalue weighted by atomic mass is 16.3. The highest BCUT2D eigenvalue weighted by Gasteiger charge is 2.62. The summed E-state index contributed by atoms with van der Waals surface area (Å²) in [5.74, 6) is 7.58. The molecule has 0 saturated heterocycles. The molecule has 2 saturated carbocycles. The number of fused-ring (bicyclic) bond motifs is 4. The maximum Gasteiger partial charge on any atom is 0.156 e. The Morgan fingerprint density at radius 3 is 2.61 bits per heavy atom. The van der Waals surface area contributed by atoms with E-state index in [0.717, 1.165) is 38.5 Å². The van der Waals surface area contributed by atoms with E-state index < -0.39 is 5.60 Å². The monoisotopic (exact) mass is 441 g/mol. The molecule has 5 rings (SSSR count). The first-order valence-corrected chi connectivity index (χ1v) is 12.4. The smallest absolute Gasteiger partial charge is 0.156 e. The summed E-state index contributed by atoms with van der Waals surface area (Å²) >= 11 is 0. The van der Waals surface area contributed by atoms with Gasteiger partial charge in [-0.15, -0.1) is 0 Å². The fraction of sp³-hybridized carbons (Fsp3) is 0.500. The van der Waals surface area contributed by atoms with Crippen LogP contribution in [0.2, 0.25) is 0 Å². The molecule has 5 atom stereocenters. The SMILES string of the molecule is C=CC#C[C@]1(O)CC[C@H]2[C@@H]3CCC4=CC(=O)CCC4=C3[C@@H](c3ccc(N(C)C)cc3)C[C@@]21C. The van der Waals surface area contributed by atoms with Crippen LogP contribution in [0, 0.1) is 29.1 Å². The zero-order chi connectivity index (χ0) is 23.4. The van der Waals surface area contributed by atoms with Gasteiger partial charge in [0.25, 0.3) is 0 Å². The van der Waals surface area contributed by atoms with Crippen molar-refractivity contribution in [3.63, 3.8) is 0 Å². The van der Waals surface area contributed by atoms with Gasteiger partial charge in [0.2, 0.25) is 0 Å². The summed E-state index contributed by atoms with van der Waals surface area (Å²) in [5.41, 5.74) is 5.53. The third-order valence-electron chi connectivity index (χ3n) is 9.08. The molecular formula is C30H35NO2. The molecule has 0 unspecified atom stereocenters. The quantitative estimate of drug-likeness (QED) is 0.610. The van der Waals surface area contributed by atoms with Crippen molar-refractivity contribution in [1.29, 1.82) is 0 Å². The molecule has 172 valence electrons. The van der Waals surface area contributed by atoms with Gasteiger partial charge in [0, 0.05) is 37.5 Å². The van der Waals surface area contributed by atoms with Crippen molar-refractivity contribution in [2.45, 2.75) is 63.4 Å². The van der Waals surface area contributed by atoms with Crippen LogP contribution in [0.1, 0.15) is 63.4 Å². The number of ketones is 1. The molecule has 4 aliphatic carbocycles. The highest BCUT2D eigenvalue weighted by molar-refractivity contribution is 5.93. The predicted molar refractivity (Wildman–Crippen MR) is 134 cm³/mol. The summed E-state index contributed by atoms with van der Waals surface area (Å²) in [6, 6.07) is 8.94. The van der Waals surface area contributed by atoms with Gasteiger partial charge in [0.1, 0.15) is 5.60 Å². The average molecular weight is 442 g/mol. The average Bonchev–Trinajstić information content (AvgIpc) is 3.07. The molecule has 4 aliphatic rings. The van der Waals surface area contributed by atoms with Gasteiger partial charge in [-0.25, -0.2) is 0 Å². The van der Waals surface area contributed by atoms with Gasteiger partial charge in [-0.1, -0.05) is 43.0 Å². The molecule has 1 aromatic rings. The van der Waals surface area contributed by atoms with Crippen molar-refractivity contribution in [3.05, 3.63) is 65.3 Å². The number of benzene rings is 1. The van der Waals surface area contributed by atoms with Crippen LogP contribution in [0.5, 0.6) is 0 Å². The van der Waals surface area contributed by atoms with Crippen molar-refractivity contribution >= 4 is 11.5 Å². The topological polar surface area (TPSA) is 40.5 Å². The molecule has 2 fully saturated rings. The number of carbonyl (C=O) groups is 1. The van der Waals surface area contributed by atoms with Crippen LogP contribution < -0.4 is 4.90 Å². The predicted octanol–water partition coefficient (Wildman–Crippen LogP) is 5.57. The van der Waals surface area contributed by atoms with E-state index in [9.17, 15) is 9.90 Å². The lowest BCUT2D eigenvalue weighted by Crippen LogP contribution is -2.51. The van der Waals surface area contributed by atoms with Crippen molar-refractivity contribution < 1.29 is 9.90 Å². The number of carbonyl (C=O) groups excluding carboxylic acids is 1. The first-order valence-electron chi connectivity index (χ1n) is 12.4. The van der Waals surface area contributed by atoms with Gasteiger partial charge in [0.05, 0.1) is 0 Å². The van der Waals surface area contributed by atoms with Crippen LogP contribution in [0.4, 0.5) is 5.69 Å². The number of rotatable bonds is 2. The minimum atomic E-state index is -0.984. The maximum atomic E-state index is 12.2. The van der Waals surface area contributed by atoms with Crippen LogP contribution in [-0.2, 0) is 4.79 Å². The van der Waals surface area contributed by atoms with E-state index in [2.05, 4.69) is 68.6 Å². The second-order valence-electron chi connectivity index (χ2n) is 10.9. The molecule has 0 aromatic heterocycles. The normalized spacial score (nSPS) is 35.0. The maximum absolute atomic E-state index is 12.2. The van der Waals surface area contributed by atoms with Crippen molar-refractivity contribution in [2.24, 2.45) is 17.3 Å². The van der Waals surface area contributed by atoms with E-state index in [-0.39, 0.29) is 17.1 Å². The molecule has 1 aromatic carbocycles. The Hall–Kier alpha value is -2.57. The highest BCUT2D eigenvalue weighted by Crippen LogP contribution is 2.66. The third kappa shape index (κ3) is 3.42. The molecule has 0 amide bonds. The molecule has 0 radical (unpaired) electrons. The fourth-order valence-corrected chi connectivity index (χ4v) is 7.34. The summed E-state index contributed by atoms with van der Waals surface area (Å²) < 4.78 is 0. The minimum absolute atomic E-state index is 0.245. The van der Waals surface area contributed by atoms with Gasteiger partial charge in [-0.2, -0.15) is 0 Å². The zero-order valence-corrected chi connectivity index (χ0v) is 20.2. The van der Waals surface area contributed by atoms with E-state index in [1.807, 2.05) is 6.08 Å². The van der Waals surface area contributed by atoms with E-state index in [0.29, 0.717) is 18.3 Å². The largest absolute Gasteiger partial charge is 0.378 e. The lowest BCUT2D eigenvalue weighted by molar-refractivity contribution is -0.114. The minimum Gasteiger partial charge on any atom is -0.378 e. The summed E-state index contributed by atoms with van der Waals surface area (Å²) in [4.78, 5) is 14.3. The van der Waals surface area contributed by atoms with Crippen LogP contribution in [-0.4, -0.2) is 30.6 Å². The van der Waals surface area contributed by atoms with E-state index in [1.54, 1.807) is 11.6 Å². The summed E-state index contributed by atoms with van der Waals surface area (Å²) in [6.45, 7) is 6.03. The fourth-order valence-electron chi connectivity index (χ4n) is 7.34. The van der Waals surface area contributed by atoms with E-state index in [4.69, 9.17) is 0 Å². The van der Waals surface area contributed by atoms with E-state index in [1.165, 1.54) is 22.4 Å². The van der Waals surface area contributed by atoms with Gasteiger partial charge in [0.15, 0.2) is 5.78 Å². The molecule has 0 spiro atoms. The number of nitrogens with zero attached hydrogens (tertiary/aromatic N) is 1. The first kappa shape index (κ1) is 22.2. The van der Waals surface area contributed by atoms with Crippen molar-refractivity contribution in [2.75, 3.05) is 19.0 Å². The Balaban J connectivity index is 1.66. The molecule has 3 heteroatoms. The number of hydrogen-bond donors (Lipinski definition) is 1. The number of aliphatic hydroxyl groups is 1. The summed E-state index contributed by atoms with van der Waals surface area (Å²) in [7, 11) is 4.13. The number of hydrogen-bond acceptors (Lipinski definition) is 3. The standard InChI is InChI=1S/C30H35NO2/c1-5-6-16-30(33)17-15-27-25-13-9-21-18-23(32)12-14-24(21)28(25)26(19-29(27,30)2)20-7-10-22(11-8-20)31(3)4/h5,7-8,10-11,18,25-27,33H,1,9,12-15,17,19H2,2-4H3/t25-,26+,27-,29-,30-/m0/s1. The van der Waals surface area contributed by atoms with Crippen LogP contribution in [0.15, 0.2) is 59.7 Å². The van der Waals surface area contributed by atoms with Crippen molar-refractivity contribution in [1.82, 2.24) is 0 Å². The van der Waals surface area contributed by atoms with Gasteiger partial charge >= 0.3 is 0 Å². The second-order valence-corrected chi connectivity index (χ2v) is 10.9. The third-order valence-corrected chi connectivity index (χ3v) is 9.08. The lowest BCUT2D eigenvalue weighted by atomic mass is 9.51. The van der Waals surface area contributed by atoms with Gasteiger partial charge < -0.3 is 10.0 Å². The Morgan fingerprint density at radius 1 is 1.15 bits per heavy atom.